The van der Waals surface area contributed by atoms with E-state index in [4.69, 9.17) is 23.2 Å². The lowest BCUT2D eigenvalue weighted by Crippen LogP contribution is -2.15. The Bertz CT molecular complexity index is 889. The third-order valence-corrected chi connectivity index (χ3v) is 4.62. The Morgan fingerprint density at radius 1 is 1.19 bits per heavy atom. The van der Waals surface area contributed by atoms with Gasteiger partial charge in [0, 0.05) is 22.2 Å². The van der Waals surface area contributed by atoms with Crippen molar-refractivity contribution in [2.45, 2.75) is 25.7 Å². The number of nitriles is 1. The van der Waals surface area contributed by atoms with Crippen molar-refractivity contribution in [3.8, 4) is 6.07 Å². The molecule has 0 aliphatic rings. The number of carbonyl (C=O) groups is 2. The van der Waals surface area contributed by atoms with Gasteiger partial charge >= 0.3 is 5.97 Å². The fourth-order valence-corrected chi connectivity index (χ4v) is 2.97. The van der Waals surface area contributed by atoms with Gasteiger partial charge in [-0.1, -0.05) is 41.4 Å². The van der Waals surface area contributed by atoms with Gasteiger partial charge in [0.2, 0.25) is 5.91 Å². The second-order valence-electron chi connectivity index (χ2n) is 5.93. The molecule has 0 radical (unpaired) electrons. The molecule has 2 aromatic carbocycles. The van der Waals surface area contributed by atoms with Gasteiger partial charge in [0.1, 0.15) is 0 Å². The summed E-state index contributed by atoms with van der Waals surface area (Å²) < 4.78 is 4.52. The van der Waals surface area contributed by atoms with Crippen molar-refractivity contribution in [1.29, 1.82) is 5.26 Å². The average Bonchev–Trinajstić information content (AvgIpc) is 2.65. The summed E-state index contributed by atoms with van der Waals surface area (Å²) in [4.78, 5) is 23.1. The SMILES string of the molecule is COC(=O)CCC(=O)Nc1cc(Cl)c(C(C#N)c2ccc(Cl)cc2)cc1C. The van der Waals surface area contributed by atoms with Gasteiger partial charge in [-0.2, -0.15) is 5.26 Å². The third-order valence-electron chi connectivity index (χ3n) is 4.05. The quantitative estimate of drug-likeness (QED) is 0.697. The van der Waals surface area contributed by atoms with Crippen LogP contribution in [-0.4, -0.2) is 19.0 Å². The highest BCUT2D eigenvalue weighted by Gasteiger charge is 2.19. The Hall–Kier alpha value is -2.55. The minimum atomic E-state index is -0.558. The monoisotopic (exact) mass is 404 g/mol. The smallest absolute Gasteiger partial charge is 0.306 e. The molecule has 7 heteroatoms. The van der Waals surface area contributed by atoms with Crippen LogP contribution in [0.2, 0.25) is 10.0 Å². The van der Waals surface area contributed by atoms with Gasteiger partial charge in [-0.25, -0.2) is 0 Å². The first-order chi connectivity index (χ1) is 12.8. The van der Waals surface area contributed by atoms with Crippen molar-refractivity contribution < 1.29 is 14.3 Å². The van der Waals surface area contributed by atoms with Crippen LogP contribution in [0.1, 0.15) is 35.4 Å². The van der Waals surface area contributed by atoms with E-state index >= 15 is 0 Å². The van der Waals surface area contributed by atoms with Crippen LogP contribution in [-0.2, 0) is 14.3 Å². The van der Waals surface area contributed by atoms with E-state index in [2.05, 4.69) is 16.1 Å². The second kappa shape index (κ2) is 9.40. The molecular weight excluding hydrogens is 387 g/mol. The molecule has 5 nitrogen and oxygen atoms in total. The number of anilines is 1. The highest BCUT2D eigenvalue weighted by atomic mass is 35.5. The number of amides is 1. The van der Waals surface area contributed by atoms with E-state index in [1.54, 1.807) is 36.4 Å². The number of benzene rings is 2. The maximum absolute atomic E-state index is 12.0. The lowest BCUT2D eigenvalue weighted by molar-refractivity contribution is -0.141. The Morgan fingerprint density at radius 2 is 1.85 bits per heavy atom. The predicted molar refractivity (Wildman–Crippen MR) is 105 cm³/mol. The topological polar surface area (TPSA) is 79.2 Å². The molecule has 2 rings (SSSR count). The first-order valence-electron chi connectivity index (χ1n) is 8.17. The van der Waals surface area contributed by atoms with Crippen molar-refractivity contribution in [2.24, 2.45) is 0 Å². The molecule has 2 aromatic rings. The molecule has 0 saturated carbocycles. The third kappa shape index (κ3) is 5.46. The number of nitrogens with zero attached hydrogens (tertiary/aromatic N) is 1. The van der Waals surface area contributed by atoms with Gasteiger partial charge < -0.3 is 10.1 Å². The zero-order chi connectivity index (χ0) is 20.0. The van der Waals surface area contributed by atoms with Gasteiger partial charge in [0.25, 0.3) is 0 Å². The summed E-state index contributed by atoms with van der Waals surface area (Å²) in [5.41, 5.74) is 2.71. The van der Waals surface area contributed by atoms with E-state index in [-0.39, 0.29) is 18.7 Å². The Morgan fingerprint density at radius 3 is 2.44 bits per heavy atom. The summed E-state index contributed by atoms with van der Waals surface area (Å²) in [6.45, 7) is 1.81. The number of rotatable bonds is 6. The van der Waals surface area contributed by atoms with E-state index in [9.17, 15) is 14.9 Å². The number of carbonyl (C=O) groups excluding carboxylic acids is 2. The van der Waals surface area contributed by atoms with Crippen molar-refractivity contribution in [3.05, 3.63) is 63.1 Å². The molecule has 1 amide bonds. The summed E-state index contributed by atoms with van der Waals surface area (Å²) in [7, 11) is 1.27. The number of ether oxygens (including phenoxy) is 1. The van der Waals surface area contributed by atoms with E-state index < -0.39 is 11.9 Å². The number of methoxy groups -OCH3 is 1. The summed E-state index contributed by atoms with van der Waals surface area (Å²) >= 11 is 12.3. The van der Waals surface area contributed by atoms with E-state index in [0.29, 0.717) is 21.3 Å². The van der Waals surface area contributed by atoms with E-state index in [0.717, 1.165) is 11.1 Å². The van der Waals surface area contributed by atoms with Gasteiger partial charge in [-0.3, -0.25) is 9.59 Å². The fourth-order valence-electron chi connectivity index (χ4n) is 2.57. The molecule has 0 aliphatic heterocycles. The minimum absolute atomic E-state index is 0.000268. The largest absolute Gasteiger partial charge is 0.469 e. The summed E-state index contributed by atoms with van der Waals surface area (Å²) in [6.07, 6.45) is 0.0113. The number of aryl methyl sites for hydroxylation is 1. The number of esters is 1. The average molecular weight is 405 g/mol. The first kappa shape index (κ1) is 20.8. The zero-order valence-corrected chi connectivity index (χ0v) is 16.4. The molecule has 0 aliphatic carbocycles. The molecule has 1 unspecified atom stereocenters. The molecule has 0 saturated heterocycles. The summed E-state index contributed by atoms with van der Waals surface area (Å²) in [5.74, 6) is -1.32. The first-order valence-corrected chi connectivity index (χ1v) is 8.93. The number of hydrogen-bond donors (Lipinski definition) is 1. The minimum Gasteiger partial charge on any atom is -0.469 e. The normalized spacial score (nSPS) is 11.4. The summed E-state index contributed by atoms with van der Waals surface area (Å²) in [6, 6.07) is 12.7. The highest BCUT2D eigenvalue weighted by Crippen LogP contribution is 2.34. The lowest BCUT2D eigenvalue weighted by Gasteiger charge is -2.16. The molecule has 140 valence electrons. The van der Waals surface area contributed by atoms with Gasteiger partial charge in [-0.05, 0) is 41.8 Å². The standard InChI is InChI=1S/C20H18Cl2N2O3/c1-12-9-15(16(11-23)13-3-5-14(21)6-4-13)17(22)10-18(12)24-19(25)7-8-20(26)27-2/h3-6,9-10,16H,7-8H2,1-2H3,(H,24,25). The van der Waals surface area contributed by atoms with Crippen molar-refractivity contribution in [3.63, 3.8) is 0 Å². The highest BCUT2D eigenvalue weighted by molar-refractivity contribution is 6.32. The van der Waals surface area contributed by atoms with Crippen LogP contribution in [0.25, 0.3) is 0 Å². The van der Waals surface area contributed by atoms with Crippen molar-refractivity contribution in [1.82, 2.24) is 0 Å². The van der Waals surface area contributed by atoms with Crippen LogP contribution in [0.4, 0.5) is 5.69 Å². The molecule has 0 heterocycles. The summed E-state index contributed by atoms with van der Waals surface area (Å²) in [5, 5.41) is 13.3. The molecule has 0 fully saturated rings. The van der Waals surface area contributed by atoms with Crippen LogP contribution in [0, 0.1) is 18.3 Å². The maximum Gasteiger partial charge on any atom is 0.306 e. The lowest BCUT2D eigenvalue weighted by atomic mass is 9.91. The van der Waals surface area contributed by atoms with Crippen LogP contribution < -0.4 is 5.32 Å². The molecule has 27 heavy (non-hydrogen) atoms. The fraction of sp³-hybridized carbons (Fsp3) is 0.250. The van der Waals surface area contributed by atoms with E-state index in [1.165, 1.54) is 7.11 Å². The molecule has 0 bridgehead atoms. The molecule has 1 atom stereocenters. The van der Waals surface area contributed by atoms with Gasteiger partial charge in [0.05, 0.1) is 25.5 Å². The predicted octanol–water partition coefficient (Wildman–Crippen LogP) is 4.85. The van der Waals surface area contributed by atoms with Crippen molar-refractivity contribution in [2.75, 3.05) is 12.4 Å². The van der Waals surface area contributed by atoms with Crippen LogP contribution >= 0.6 is 23.2 Å². The maximum atomic E-state index is 12.0. The molecule has 0 spiro atoms. The molecule has 1 N–H and O–H groups in total. The van der Waals surface area contributed by atoms with Crippen LogP contribution in [0.5, 0.6) is 0 Å². The van der Waals surface area contributed by atoms with Gasteiger partial charge in [0.15, 0.2) is 0 Å². The molecule has 0 aromatic heterocycles. The van der Waals surface area contributed by atoms with Gasteiger partial charge in [-0.15, -0.1) is 0 Å². The molecular formula is C20H18Cl2N2O3. The Balaban J connectivity index is 2.23. The number of halogens is 2. The number of nitrogens with one attached hydrogen (secondary N) is 1. The van der Waals surface area contributed by atoms with Crippen LogP contribution in [0.15, 0.2) is 36.4 Å². The van der Waals surface area contributed by atoms with Crippen molar-refractivity contribution >= 4 is 40.8 Å². The number of hydrogen-bond acceptors (Lipinski definition) is 4. The van der Waals surface area contributed by atoms with E-state index in [1.807, 2.05) is 6.92 Å². The Labute approximate surface area is 167 Å². The second-order valence-corrected chi connectivity index (χ2v) is 6.77. The Kier molecular flexibility index (Phi) is 7.23. The van der Waals surface area contributed by atoms with Crippen LogP contribution in [0.3, 0.4) is 0 Å². The zero-order valence-electron chi connectivity index (χ0n) is 14.9.